The highest BCUT2D eigenvalue weighted by atomic mass is 16.5. The lowest BCUT2D eigenvalue weighted by Gasteiger charge is -2.41. The standard InChI is InChI=1S/C67H55NO/c1-65(2,3)48-38-40-62-57(42-48)67(58-43-49(66(4,5)6)39-41-63(58)69-62)55-29-15-12-27-54(55)64-53(28-19-30-56(64)67)52-26-14-17-32-61(52)68(60-33-18-23-46-22-10-11-24-50(46)60)59-31-16-13-25-51(59)47-36-34-45(35-37-47)44-20-8-7-9-21-44/h7-43H,1-6H3. The molecule has 10 aromatic carbocycles. The van der Waals surface area contributed by atoms with Crippen LogP contribution in [0.1, 0.15) is 74.9 Å². The van der Waals surface area contributed by atoms with E-state index in [0.29, 0.717) is 0 Å². The number of para-hydroxylation sites is 2. The van der Waals surface area contributed by atoms with E-state index in [9.17, 15) is 0 Å². The average molecular weight is 890 g/mol. The van der Waals surface area contributed by atoms with Crippen molar-refractivity contribution >= 4 is 27.8 Å². The number of hydrogen-bond acceptors (Lipinski definition) is 2. The summed E-state index contributed by atoms with van der Waals surface area (Å²) in [7, 11) is 0. The number of nitrogens with zero attached hydrogens (tertiary/aromatic N) is 1. The van der Waals surface area contributed by atoms with E-state index in [1.54, 1.807) is 0 Å². The van der Waals surface area contributed by atoms with E-state index in [0.717, 1.165) is 45.3 Å². The lowest BCUT2D eigenvalue weighted by molar-refractivity contribution is 0.433. The van der Waals surface area contributed by atoms with Gasteiger partial charge in [-0.15, -0.1) is 0 Å². The highest BCUT2D eigenvalue weighted by molar-refractivity contribution is 6.05. The Morgan fingerprint density at radius 3 is 1.51 bits per heavy atom. The molecule has 1 spiro atoms. The van der Waals surface area contributed by atoms with Crippen LogP contribution in [-0.4, -0.2) is 0 Å². The molecular weight excluding hydrogens is 835 g/mol. The molecule has 0 atom stereocenters. The molecule has 0 fully saturated rings. The van der Waals surface area contributed by atoms with Gasteiger partial charge in [0.15, 0.2) is 0 Å². The molecule has 0 saturated heterocycles. The van der Waals surface area contributed by atoms with Gasteiger partial charge in [-0.05, 0) is 114 Å². The summed E-state index contributed by atoms with van der Waals surface area (Å²) < 4.78 is 7.00. The van der Waals surface area contributed by atoms with Gasteiger partial charge in [0.05, 0.1) is 22.5 Å². The second-order valence-corrected chi connectivity index (χ2v) is 20.9. The number of fused-ring (bicyclic) bond motifs is 10. The molecule has 2 nitrogen and oxygen atoms in total. The zero-order valence-corrected chi connectivity index (χ0v) is 40.2. The minimum Gasteiger partial charge on any atom is -0.457 e. The molecule has 12 rings (SSSR count). The van der Waals surface area contributed by atoms with E-state index < -0.39 is 5.41 Å². The predicted octanol–water partition coefficient (Wildman–Crippen LogP) is 18.4. The maximum absolute atomic E-state index is 7.00. The third-order valence-corrected chi connectivity index (χ3v) is 14.7. The highest BCUT2D eigenvalue weighted by Crippen LogP contribution is 2.64. The number of hydrogen-bond donors (Lipinski definition) is 0. The van der Waals surface area contributed by atoms with E-state index in [4.69, 9.17) is 4.74 Å². The fourth-order valence-corrected chi connectivity index (χ4v) is 11.2. The van der Waals surface area contributed by atoms with Gasteiger partial charge in [0.25, 0.3) is 0 Å². The smallest absolute Gasteiger partial charge is 0.132 e. The van der Waals surface area contributed by atoms with Gasteiger partial charge in [-0.25, -0.2) is 0 Å². The van der Waals surface area contributed by atoms with Gasteiger partial charge in [0, 0.05) is 27.6 Å². The molecule has 334 valence electrons. The van der Waals surface area contributed by atoms with Crippen molar-refractivity contribution < 1.29 is 4.74 Å². The first-order valence-electron chi connectivity index (χ1n) is 24.3. The topological polar surface area (TPSA) is 12.5 Å². The highest BCUT2D eigenvalue weighted by Gasteiger charge is 2.52. The molecule has 2 aliphatic rings. The van der Waals surface area contributed by atoms with Gasteiger partial charge < -0.3 is 9.64 Å². The fourth-order valence-electron chi connectivity index (χ4n) is 11.2. The Bertz CT molecular complexity index is 3540. The van der Waals surface area contributed by atoms with Crippen LogP contribution in [0.15, 0.2) is 224 Å². The maximum Gasteiger partial charge on any atom is 0.132 e. The number of ether oxygens (including phenoxy) is 1. The second-order valence-electron chi connectivity index (χ2n) is 20.9. The summed E-state index contributed by atoms with van der Waals surface area (Å²) in [6.45, 7) is 13.8. The van der Waals surface area contributed by atoms with E-state index >= 15 is 0 Å². The van der Waals surface area contributed by atoms with Crippen molar-refractivity contribution in [1.29, 1.82) is 0 Å². The molecule has 1 heterocycles. The molecule has 10 aromatic rings. The molecule has 0 N–H and O–H groups in total. The van der Waals surface area contributed by atoms with Crippen LogP contribution in [0.3, 0.4) is 0 Å². The van der Waals surface area contributed by atoms with Crippen LogP contribution >= 0.6 is 0 Å². The summed E-state index contributed by atoms with van der Waals surface area (Å²) in [4.78, 5) is 2.51. The molecule has 0 aromatic heterocycles. The number of rotatable bonds is 6. The van der Waals surface area contributed by atoms with Crippen LogP contribution in [0.4, 0.5) is 17.1 Å². The Balaban J connectivity index is 1.13. The zero-order chi connectivity index (χ0) is 47.1. The molecule has 69 heavy (non-hydrogen) atoms. The van der Waals surface area contributed by atoms with Crippen LogP contribution < -0.4 is 9.64 Å². The van der Waals surface area contributed by atoms with E-state index in [1.807, 2.05) is 0 Å². The van der Waals surface area contributed by atoms with Crippen LogP contribution in [0.5, 0.6) is 11.5 Å². The number of anilines is 3. The summed E-state index contributed by atoms with van der Waals surface area (Å²) in [5, 5.41) is 2.38. The Morgan fingerprint density at radius 1 is 0.348 bits per heavy atom. The Morgan fingerprint density at radius 2 is 0.826 bits per heavy atom. The summed E-state index contributed by atoms with van der Waals surface area (Å²) in [6, 6.07) is 83.1. The normalized spacial score (nSPS) is 13.3. The van der Waals surface area contributed by atoms with Crippen molar-refractivity contribution in [2.75, 3.05) is 4.90 Å². The first-order valence-corrected chi connectivity index (χ1v) is 24.3. The summed E-state index contributed by atoms with van der Waals surface area (Å²) >= 11 is 0. The molecule has 0 bridgehead atoms. The molecule has 0 saturated carbocycles. The summed E-state index contributed by atoms with van der Waals surface area (Å²) in [5.74, 6) is 1.81. The van der Waals surface area contributed by atoms with E-state index in [1.165, 1.54) is 72.0 Å². The lowest BCUT2D eigenvalue weighted by Crippen LogP contribution is -2.33. The molecule has 0 amide bonds. The first-order chi connectivity index (χ1) is 33.5. The predicted molar refractivity (Wildman–Crippen MR) is 290 cm³/mol. The lowest BCUT2D eigenvalue weighted by atomic mass is 9.64. The minimum absolute atomic E-state index is 0.0726. The van der Waals surface area contributed by atoms with Crippen molar-refractivity contribution in [3.63, 3.8) is 0 Å². The van der Waals surface area contributed by atoms with Gasteiger partial charge in [-0.2, -0.15) is 0 Å². The largest absolute Gasteiger partial charge is 0.457 e. The molecule has 0 unspecified atom stereocenters. The molecule has 1 aliphatic carbocycles. The Kier molecular flexibility index (Phi) is 9.90. The van der Waals surface area contributed by atoms with Crippen molar-refractivity contribution in [2.45, 2.75) is 57.8 Å². The quantitative estimate of drug-likeness (QED) is 0.165. The third kappa shape index (κ3) is 6.84. The minimum atomic E-state index is -0.643. The average Bonchev–Trinajstić information content (AvgIpc) is 3.67. The number of benzene rings is 10. The van der Waals surface area contributed by atoms with Crippen molar-refractivity contribution in [3.05, 3.63) is 258 Å². The van der Waals surface area contributed by atoms with Crippen LogP contribution in [0, 0.1) is 0 Å². The Labute approximate surface area is 407 Å². The van der Waals surface area contributed by atoms with Gasteiger partial charge in [0.1, 0.15) is 11.5 Å². The fraction of sp³-hybridized carbons (Fsp3) is 0.134. The van der Waals surface area contributed by atoms with Gasteiger partial charge in [-0.3, -0.25) is 0 Å². The molecule has 2 heteroatoms. The monoisotopic (exact) mass is 889 g/mol. The SMILES string of the molecule is CC(C)(C)c1ccc2c(c1)C1(c3cc(C(C)(C)C)ccc3O2)c2ccccc2-c2c(-c3ccccc3N(c3ccccc3-c3ccc(-c4ccccc4)cc3)c3cccc4ccccc34)cccc21. The zero-order valence-electron chi connectivity index (χ0n) is 40.2. The van der Waals surface area contributed by atoms with Crippen LogP contribution in [-0.2, 0) is 16.2 Å². The van der Waals surface area contributed by atoms with Gasteiger partial charge in [0.2, 0.25) is 0 Å². The molecule has 1 aliphatic heterocycles. The first kappa shape index (κ1) is 42.4. The van der Waals surface area contributed by atoms with E-state index in [-0.39, 0.29) is 10.8 Å². The van der Waals surface area contributed by atoms with Gasteiger partial charge >= 0.3 is 0 Å². The summed E-state index contributed by atoms with van der Waals surface area (Å²) in [6.07, 6.45) is 0. The molecular formula is C67H55NO. The van der Waals surface area contributed by atoms with Gasteiger partial charge in [-0.1, -0.05) is 224 Å². The molecule has 0 radical (unpaired) electrons. The van der Waals surface area contributed by atoms with Crippen molar-refractivity contribution in [3.8, 4) is 56.0 Å². The second kappa shape index (κ2) is 16.1. The summed E-state index contributed by atoms with van der Waals surface area (Å²) in [5.41, 5.74) is 19.6. The van der Waals surface area contributed by atoms with E-state index in [2.05, 4.69) is 271 Å². The Hall–Kier alpha value is -7.94. The van der Waals surface area contributed by atoms with Crippen molar-refractivity contribution in [2.24, 2.45) is 0 Å². The van der Waals surface area contributed by atoms with Crippen LogP contribution in [0.2, 0.25) is 0 Å². The van der Waals surface area contributed by atoms with Crippen molar-refractivity contribution in [1.82, 2.24) is 0 Å². The maximum atomic E-state index is 7.00. The van der Waals surface area contributed by atoms with Crippen LogP contribution in [0.25, 0.3) is 55.3 Å². The third-order valence-electron chi connectivity index (χ3n) is 14.7.